The first-order valence-electron chi connectivity index (χ1n) is 6.87. The topological polar surface area (TPSA) is 68.0 Å². The molecule has 0 spiro atoms. The lowest BCUT2D eigenvalue weighted by Gasteiger charge is -2.13. The first-order valence-corrected chi connectivity index (χ1v) is 7.81. The predicted octanol–water partition coefficient (Wildman–Crippen LogP) is 3.04. The van der Waals surface area contributed by atoms with Gasteiger partial charge < -0.3 is 9.84 Å². The molecule has 0 saturated carbocycles. The maximum Gasteiger partial charge on any atom is 0.227 e. The molecule has 0 aliphatic heterocycles. The number of nitrogens with zero attached hydrogens (tertiary/aromatic N) is 2. The molecule has 2 heterocycles. The number of carbonyl (C=O) groups excluding carboxylic acids is 1. The van der Waals surface area contributed by atoms with E-state index in [9.17, 15) is 4.79 Å². The van der Waals surface area contributed by atoms with Crippen molar-refractivity contribution < 1.29 is 9.32 Å². The fourth-order valence-electron chi connectivity index (χ4n) is 1.88. The Morgan fingerprint density at radius 2 is 2.25 bits per heavy atom. The summed E-state index contributed by atoms with van der Waals surface area (Å²) in [7, 11) is 0. The van der Waals surface area contributed by atoms with Crippen LogP contribution in [0.3, 0.4) is 0 Å². The first-order chi connectivity index (χ1) is 9.72. The second-order valence-electron chi connectivity index (χ2n) is 4.60. The molecule has 0 radical (unpaired) electrons. The van der Waals surface area contributed by atoms with Gasteiger partial charge in [0.15, 0.2) is 0 Å². The monoisotopic (exact) mass is 293 g/mol. The standard InChI is InChI=1S/C14H19N3O2S/c1-3-11(4-2)15-12(18)5-6-13-16-14(17-19-13)10-7-8-20-9-10/h7-9,11H,3-6H2,1-2H3,(H,15,18). The summed E-state index contributed by atoms with van der Waals surface area (Å²) in [5.41, 5.74) is 0.950. The number of amides is 1. The lowest BCUT2D eigenvalue weighted by atomic mass is 10.1. The second kappa shape index (κ2) is 7.19. The molecule has 0 atom stereocenters. The number of rotatable bonds is 7. The Hall–Kier alpha value is -1.69. The van der Waals surface area contributed by atoms with Crippen molar-refractivity contribution in [2.45, 2.75) is 45.6 Å². The molecular formula is C14H19N3O2S. The lowest BCUT2D eigenvalue weighted by molar-refractivity contribution is -0.121. The van der Waals surface area contributed by atoms with E-state index in [1.54, 1.807) is 11.3 Å². The lowest BCUT2D eigenvalue weighted by Crippen LogP contribution is -2.33. The number of nitrogens with one attached hydrogen (secondary N) is 1. The van der Waals surface area contributed by atoms with Crippen LogP contribution in [0.5, 0.6) is 0 Å². The molecule has 0 aliphatic carbocycles. The maximum atomic E-state index is 11.8. The predicted molar refractivity (Wildman–Crippen MR) is 78.4 cm³/mol. The van der Waals surface area contributed by atoms with Gasteiger partial charge >= 0.3 is 0 Å². The maximum absolute atomic E-state index is 11.8. The minimum atomic E-state index is 0.0361. The van der Waals surface area contributed by atoms with Gasteiger partial charge in [-0.2, -0.15) is 16.3 Å². The van der Waals surface area contributed by atoms with Crippen molar-refractivity contribution in [1.82, 2.24) is 15.5 Å². The minimum Gasteiger partial charge on any atom is -0.353 e. The molecule has 2 aromatic rings. The van der Waals surface area contributed by atoms with E-state index in [0.29, 0.717) is 24.6 Å². The highest BCUT2D eigenvalue weighted by Crippen LogP contribution is 2.18. The molecule has 2 aromatic heterocycles. The molecule has 5 nitrogen and oxygen atoms in total. The van der Waals surface area contributed by atoms with Crippen LogP contribution in [0.1, 0.15) is 39.0 Å². The van der Waals surface area contributed by atoms with Gasteiger partial charge in [0, 0.05) is 29.8 Å². The van der Waals surface area contributed by atoms with Gasteiger partial charge in [-0.05, 0) is 24.3 Å². The largest absolute Gasteiger partial charge is 0.353 e. The van der Waals surface area contributed by atoms with Gasteiger partial charge in [0.1, 0.15) is 0 Å². The van der Waals surface area contributed by atoms with Gasteiger partial charge in [-0.1, -0.05) is 19.0 Å². The molecule has 0 saturated heterocycles. The summed E-state index contributed by atoms with van der Waals surface area (Å²) in [4.78, 5) is 16.1. The van der Waals surface area contributed by atoms with E-state index in [1.807, 2.05) is 16.8 Å². The molecule has 6 heteroatoms. The number of thiophene rings is 1. The van der Waals surface area contributed by atoms with E-state index >= 15 is 0 Å². The van der Waals surface area contributed by atoms with Gasteiger partial charge in [0.05, 0.1) is 0 Å². The van der Waals surface area contributed by atoms with Crippen molar-refractivity contribution in [2.75, 3.05) is 0 Å². The molecule has 20 heavy (non-hydrogen) atoms. The summed E-state index contributed by atoms with van der Waals surface area (Å²) in [5, 5.41) is 10.8. The van der Waals surface area contributed by atoms with Gasteiger partial charge in [-0.25, -0.2) is 0 Å². The van der Waals surface area contributed by atoms with Crippen LogP contribution in [0.15, 0.2) is 21.3 Å². The zero-order valence-corrected chi connectivity index (χ0v) is 12.6. The van der Waals surface area contributed by atoms with Gasteiger partial charge in [-0.15, -0.1) is 0 Å². The first kappa shape index (κ1) is 14.7. The SMILES string of the molecule is CCC(CC)NC(=O)CCc1nc(-c2ccsc2)no1. The Balaban J connectivity index is 1.84. The van der Waals surface area contributed by atoms with Crippen LogP contribution in [0.2, 0.25) is 0 Å². The molecule has 0 aromatic carbocycles. The third-order valence-corrected chi connectivity index (χ3v) is 3.85. The Labute approximate surface area is 122 Å². The summed E-state index contributed by atoms with van der Waals surface area (Å²) in [6.45, 7) is 4.14. The van der Waals surface area contributed by atoms with E-state index in [2.05, 4.69) is 29.3 Å². The quantitative estimate of drug-likeness (QED) is 0.852. The normalized spacial score (nSPS) is 10.9. The Morgan fingerprint density at radius 3 is 2.90 bits per heavy atom. The van der Waals surface area contributed by atoms with Crippen LogP contribution in [0, 0.1) is 0 Å². The van der Waals surface area contributed by atoms with Crippen molar-refractivity contribution in [1.29, 1.82) is 0 Å². The molecule has 1 amide bonds. The van der Waals surface area contributed by atoms with E-state index in [-0.39, 0.29) is 11.9 Å². The number of hydrogen-bond acceptors (Lipinski definition) is 5. The van der Waals surface area contributed by atoms with E-state index < -0.39 is 0 Å². The summed E-state index contributed by atoms with van der Waals surface area (Å²) < 4.78 is 5.16. The molecule has 1 N–H and O–H groups in total. The van der Waals surface area contributed by atoms with Crippen molar-refractivity contribution in [3.05, 3.63) is 22.7 Å². The highest BCUT2D eigenvalue weighted by molar-refractivity contribution is 7.08. The van der Waals surface area contributed by atoms with Crippen LogP contribution >= 0.6 is 11.3 Å². The molecule has 0 aliphatic rings. The molecule has 0 fully saturated rings. The summed E-state index contributed by atoms with van der Waals surface area (Å²) in [6, 6.07) is 2.20. The Bertz CT molecular complexity index is 532. The highest BCUT2D eigenvalue weighted by atomic mass is 32.1. The third kappa shape index (κ3) is 3.90. The van der Waals surface area contributed by atoms with E-state index in [4.69, 9.17) is 4.52 Å². The minimum absolute atomic E-state index is 0.0361. The van der Waals surface area contributed by atoms with Crippen molar-refractivity contribution >= 4 is 17.2 Å². The van der Waals surface area contributed by atoms with Crippen molar-refractivity contribution in [2.24, 2.45) is 0 Å². The number of carbonyl (C=O) groups is 1. The van der Waals surface area contributed by atoms with Crippen LogP contribution in [-0.4, -0.2) is 22.1 Å². The van der Waals surface area contributed by atoms with Crippen LogP contribution in [0.25, 0.3) is 11.4 Å². The van der Waals surface area contributed by atoms with E-state index in [0.717, 1.165) is 18.4 Å². The average molecular weight is 293 g/mol. The summed E-state index contributed by atoms with van der Waals surface area (Å²) in [6.07, 6.45) is 2.75. The molecule has 108 valence electrons. The number of aromatic nitrogens is 2. The van der Waals surface area contributed by atoms with Gasteiger partial charge in [0.2, 0.25) is 17.6 Å². The van der Waals surface area contributed by atoms with Crippen molar-refractivity contribution in [3.8, 4) is 11.4 Å². The van der Waals surface area contributed by atoms with Crippen LogP contribution in [0.4, 0.5) is 0 Å². The fourth-order valence-corrected chi connectivity index (χ4v) is 2.51. The van der Waals surface area contributed by atoms with E-state index in [1.165, 1.54) is 0 Å². The summed E-state index contributed by atoms with van der Waals surface area (Å²) in [5.74, 6) is 1.13. The van der Waals surface area contributed by atoms with Crippen LogP contribution in [-0.2, 0) is 11.2 Å². The number of aryl methyl sites for hydroxylation is 1. The zero-order chi connectivity index (χ0) is 14.4. The second-order valence-corrected chi connectivity index (χ2v) is 5.38. The smallest absolute Gasteiger partial charge is 0.227 e. The molecule has 2 rings (SSSR count). The summed E-state index contributed by atoms with van der Waals surface area (Å²) >= 11 is 1.59. The third-order valence-electron chi connectivity index (χ3n) is 3.16. The Kier molecular flexibility index (Phi) is 5.29. The van der Waals surface area contributed by atoms with Crippen LogP contribution < -0.4 is 5.32 Å². The highest BCUT2D eigenvalue weighted by Gasteiger charge is 2.12. The molecular weight excluding hydrogens is 274 g/mol. The Morgan fingerprint density at radius 1 is 1.45 bits per heavy atom. The fraction of sp³-hybridized carbons (Fsp3) is 0.500. The van der Waals surface area contributed by atoms with Gasteiger partial charge in [0.25, 0.3) is 0 Å². The average Bonchev–Trinajstić information content (AvgIpc) is 3.12. The van der Waals surface area contributed by atoms with Crippen molar-refractivity contribution in [3.63, 3.8) is 0 Å². The number of hydrogen-bond donors (Lipinski definition) is 1. The van der Waals surface area contributed by atoms with Gasteiger partial charge in [-0.3, -0.25) is 4.79 Å². The zero-order valence-electron chi connectivity index (χ0n) is 11.8. The molecule has 0 unspecified atom stereocenters. The molecule has 0 bridgehead atoms.